The van der Waals surface area contributed by atoms with Gasteiger partial charge in [-0.05, 0) is 73.6 Å². The highest BCUT2D eigenvalue weighted by Gasteiger charge is 2.37. The van der Waals surface area contributed by atoms with Crippen LogP contribution in [0, 0.1) is 11.7 Å². The van der Waals surface area contributed by atoms with Crippen molar-refractivity contribution in [3.63, 3.8) is 0 Å². The lowest BCUT2D eigenvalue weighted by molar-refractivity contribution is -0.118. The first-order chi connectivity index (χ1) is 21.5. The Morgan fingerprint density at radius 3 is 2.42 bits per heavy atom. The van der Waals surface area contributed by atoms with Crippen LogP contribution in [-0.2, 0) is 31.1 Å². The van der Waals surface area contributed by atoms with Crippen LogP contribution in [0.5, 0.6) is 0 Å². The Bertz CT molecular complexity index is 1700. The minimum absolute atomic E-state index is 0.0250. The lowest BCUT2D eigenvalue weighted by Gasteiger charge is -2.35. The largest absolute Gasteiger partial charge is 0.324 e. The third-order valence-electron chi connectivity index (χ3n) is 8.80. The molecule has 3 aromatic rings. The molecule has 2 fully saturated rings. The van der Waals surface area contributed by atoms with E-state index in [0.717, 1.165) is 5.56 Å². The van der Waals surface area contributed by atoms with Gasteiger partial charge in [-0.2, -0.15) is 4.31 Å². The summed E-state index contributed by atoms with van der Waals surface area (Å²) < 4.78 is 67.9. The number of sulfonamides is 1. The lowest BCUT2D eigenvalue weighted by Crippen LogP contribution is -2.53. The third kappa shape index (κ3) is 7.93. The Morgan fingerprint density at radius 1 is 1.04 bits per heavy atom. The predicted molar refractivity (Wildman–Crippen MR) is 174 cm³/mol. The molecular weight excluding hydrogens is 639 g/mol. The second-order valence-electron chi connectivity index (χ2n) is 11.7. The first-order valence-electron chi connectivity index (χ1n) is 15.0. The summed E-state index contributed by atoms with van der Waals surface area (Å²) in [7, 11) is -6.89. The maximum atomic E-state index is 15.3. The molecule has 5 rings (SSSR count). The van der Waals surface area contributed by atoms with Crippen molar-refractivity contribution in [1.29, 1.82) is 0 Å². The molecule has 3 unspecified atom stereocenters. The molecule has 0 spiro atoms. The van der Waals surface area contributed by atoms with E-state index in [9.17, 15) is 21.6 Å². The number of nitrogens with two attached hydrogens (primary N) is 1. The summed E-state index contributed by atoms with van der Waals surface area (Å²) >= 11 is 6.11. The first kappa shape index (κ1) is 33.5. The standard InChI is InChI=1S/C32H38ClFN4O5S2/c33-24-11-9-22(10-12-24)30(23-15-19-44(40,41)20-16-23)31(35)32(39)37-29-8-4-7-28(34)27(29)14-13-25-21-36-17-18-38(25)45(42,43)26-5-2-1-3-6-26/h1-12,23,25,30-31,36H,13-21,35H2,(H,37,39). The minimum atomic E-state index is -3.76. The molecule has 2 aliphatic rings. The summed E-state index contributed by atoms with van der Waals surface area (Å²) in [5.41, 5.74) is 7.90. The fourth-order valence-electron chi connectivity index (χ4n) is 6.38. The summed E-state index contributed by atoms with van der Waals surface area (Å²) in [6, 6.07) is 18.2. The number of amides is 1. The molecule has 0 aromatic heterocycles. The fraction of sp³-hybridized carbons (Fsp3) is 0.406. The summed E-state index contributed by atoms with van der Waals surface area (Å²) in [5.74, 6) is -1.63. The number of piperazine rings is 1. The van der Waals surface area contributed by atoms with E-state index in [0.29, 0.717) is 37.4 Å². The van der Waals surface area contributed by atoms with Crippen molar-refractivity contribution < 1.29 is 26.0 Å². The molecule has 1 amide bonds. The monoisotopic (exact) mass is 676 g/mol. The van der Waals surface area contributed by atoms with Crippen LogP contribution in [0.1, 0.15) is 36.3 Å². The molecule has 2 heterocycles. The Labute approximate surface area is 269 Å². The quantitative estimate of drug-likeness (QED) is 0.296. The van der Waals surface area contributed by atoms with Crippen molar-refractivity contribution in [2.75, 3.05) is 36.5 Å². The molecule has 3 aromatic carbocycles. The van der Waals surface area contributed by atoms with Gasteiger partial charge in [-0.25, -0.2) is 21.2 Å². The van der Waals surface area contributed by atoms with Crippen molar-refractivity contribution in [3.05, 3.63) is 94.8 Å². The van der Waals surface area contributed by atoms with Gasteiger partial charge in [0.25, 0.3) is 0 Å². The molecule has 4 N–H and O–H groups in total. The second-order valence-corrected chi connectivity index (χ2v) is 16.3. The average molecular weight is 677 g/mol. The summed E-state index contributed by atoms with van der Waals surface area (Å²) in [4.78, 5) is 13.9. The first-order valence-corrected chi connectivity index (χ1v) is 18.7. The number of nitrogens with one attached hydrogen (secondary N) is 2. The van der Waals surface area contributed by atoms with Gasteiger partial charge in [0.1, 0.15) is 15.7 Å². The number of carbonyl (C=O) groups excluding carboxylic acids is 1. The molecule has 9 nitrogen and oxygen atoms in total. The van der Waals surface area contributed by atoms with Crippen molar-refractivity contribution in [1.82, 2.24) is 9.62 Å². The number of rotatable bonds is 10. The summed E-state index contributed by atoms with van der Waals surface area (Å²) in [5, 5.41) is 6.59. The van der Waals surface area contributed by atoms with E-state index < -0.39 is 49.6 Å². The Morgan fingerprint density at radius 2 is 1.73 bits per heavy atom. The zero-order valence-electron chi connectivity index (χ0n) is 24.7. The third-order valence-corrected chi connectivity index (χ3v) is 12.7. The van der Waals surface area contributed by atoms with Crippen molar-refractivity contribution >= 4 is 43.1 Å². The maximum absolute atomic E-state index is 15.3. The van der Waals surface area contributed by atoms with E-state index in [1.54, 1.807) is 60.7 Å². The number of halogens is 2. The van der Waals surface area contributed by atoms with Gasteiger partial charge in [-0.3, -0.25) is 4.79 Å². The highest BCUT2D eigenvalue weighted by atomic mass is 35.5. The van der Waals surface area contributed by atoms with Crippen LogP contribution < -0.4 is 16.4 Å². The molecule has 2 aliphatic heterocycles. The highest BCUT2D eigenvalue weighted by molar-refractivity contribution is 7.91. The molecule has 45 heavy (non-hydrogen) atoms. The molecular formula is C32H38ClFN4O5S2. The van der Waals surface area contributed by atoms with Crippen LogP contribution in [0.2, 0.25) is 5.02 Å². The van der Waals surface area contributed by atoms with Gasteiger partial charge in [0, 0.05) is 47.9 Å². The predicted octanol–water partition coefficient (Wildman–Crippen LogP) is 3.95. The smallest absolute Gasteiger partial charge is 0.243 e. The van der Waals surface area contributed by atoms with Gasteiger partial charge in [-0.1, -0.05) is 48.0 Å². The number of hydrogen-bond acceptors (Lipinski definition) is 7. The van der Waals surface area contributed by atoms with Crippen molar-refractivity contribution in [2.45, 2.75) is 48.6 Å². The van der Waals surface area contributed by atoms with Crippen LogP contribution in [0.25, 0.3) is 0 Å². The fourth-order valence-corrected chi connectivity index (χ4v) is 9.71. The SMILES string of the molecule is NC(C(=O)Nc1cccc(F)c1CCC1CNCCN1S(=O)(=O)c1ccccc1)C(c1ccc(Cl)cc1)C1CCS(=O)(=O)CC1. The molecule has 2 saturated heterocycles. The topological polar surface area (TPSA) is 139 Å². The van der Waals surface area contributed by atoms with Crippen LogP contribution >= 0.6 is 11.6 Å². The molecule has 0 saturated carbocycles. The molecule has 242 valence electrons. The van der Waals surface area contributed by atoms with Crippen LogP contribution in [0.3, 0.4) is 0 Å². The zero-order chi connectivity index (χ0) is 32.2. The van der Waals surface area contributed by atoms with Crippen molar-refractivity contribution in [2.24, 2.45) is 11.7 Å². The van der Waals surface area contributed by atoms with Crippen LogP contribution in [0.15, 0.2) is 77.7 Å². The maximum Gasteiger partial charge on any atom is 0.243 e. The molecule has 0 aliphatic carbocycles. The van der Waals surface area contributed by atoms with E-state index in [1.807, 2.05) is 0 Å². The molecule has 3 atom stereocenters. The minimum Gasteiger partial charge on any atom is -0.324 e. The van der Waals surface area contributed by atoms with Gasteiger partial charge in [0.15, 0.2) is 0 Å². The van der Waals surface area contributed by atoms with E-state index in [1.165, 1.54) is 16.4 Å². The molecule has 13 heteroatoms. The Kier molecular flexibility index (Phi) is 10.6. The van der Waals surface area contributed by atoms with Crippen molar-refractivity contribution in [3.8, 4) is 0 Å². The zero-order valence-corrected chi connectivity index (χ0v) is 27.1. The van der Waals surface area contributed by atoms with Crippen LogP contribution in [0.4, 0.5) is 10.1 Å². The molecule has 0 bridgehead atoms. The lowest BCUT2D eigenvalue weighted by atomic mass is 9.77. The van der Waals surface area contributed by atoms with Gasteiger partial charge in [0.2, 0.25) is 15.9 Å². The number of nitrogens with zero attached hydrogens (tertiary/aromatic N) is 1. The van der Waals surface area contributed by atoms with Gasteiger partial charge < -0.3 is 16.4 Å². The Hall–Kier alpha value is -2.87. The van der Waals surface area contributed by atoms with E-state index in [2.05, 4.69) is 10.6 Å². The van der Waals surface area contributed by atoms with E-state index in [4.69, 9.17) is 17.3 Å². The number of anilines is 1. The summed E-state index contributed by atoms with van der Waals surface area (Å²) in [6.07, 6.45) is 1.24. The van der Waals surface area contributed by atoms with Gasteiger partial charge in [0.05, 0.1) is 22.4 Å². The highest BCUT2D eigenvalue weighted by Crippen LogP contribution is 2.37. The number of carbonyl (C=O) groups is 1. The number of benzene rings is 3. The number of hydrogen-bond donors (Lipinski definition) is 3. The average Bonchev–Trinajstić information content (AvgIpc) is 3.03. The van der Waals surface area contributed by atoms with Crippen LogP contribution in [-0.4, -0.2) is 70.3 Å². The second kappa shape index (κ2) is 14.3. The van der Waals surface area contributed by atoms with Gasteiger partial charge in [-0.15, -0.1) is 0 Å². The van der Waals surface area contributed by atoms with Gasteiger partial charge >= 0.3 is 0 Å². The van der Waals surface area contributed by atoms with E-state index >= 15 is 4.39 Å². The Balaban J connectivity index is 1.34. The molecule has 0 radical (unpaired) electrons. The van der Waals surface area contributed by atoms with E-state index in [-0.39, 0.29) is 46.5 Å². The summed E-state index contributed by atoms with van der Waals surface area (Å²) in [6.45, 7) is 1.20. The normalized spacial score (nSPS) is 20.7. The number of sulfone groups is 1.